The summed E-state index contributed by atoms with van der Waals surface area (Å²) in [6.45, 7) is 6.65. The zero-order chi connectivity index (χ0) is 20.4. The van der Waals surface area contributed by atoms with E-state index in [9.17, 15) is 9.36 Å². The van der Waals surface area contributed by atoms with Gasteiger partial charge in [0, 0.05) is 24.9 Å². The molecule has 1 aromatic heterocycles. The third kappa shape index (κ3) is 5.16. The maximum atomic E-state index is 13.0. The van der Waals surface area contributed by atoms with Crippen LogP contribution in [-0.2, 0) is 13.8 Å². The van der Waals surface area contributed by atoms with E-state index >= 15 is 0 Å². The summed E-state index contributed by atoms with van der Waals surface area (Å²) in [7, 11) is 0.496. The first-order valence-corrected chi connectivity index (χ1v) is 10.6. The maximum absolute atomic E-state index is 13.0. The van der Waals surface area contributed by atoms with Gasteiger partial charge in [-0.15, -0.1) is 0 Å². The van der Waals surface area contributed by atoms with Crippen molar-refractivity contribution in [3.05, 3.63) is 22.7 Å². The Hall–Kier alpha value is -1.29. The van der Waals surface area contributed by atoms with Gasteiger partial charge in [0.1, 0.15) is 5.82 Å². The van der Waals surface area contributed by atoms with Crippen LogP contribution in [0.25, 0.3) is 0 Å². The number of nitrogens with two attached hydrogens (primary N) is 2. The summed E-state index contributed by atoms with van der Waals surface area (Å²) in [6.07, 6.45) is 0.335. The van der Waals surface area contributed by atoms with Crippen molar-refractivity contribution < 1.29 is 13.8 Å². The molecule has 0 aliphatic carbocycles. The van der Waals surface area contributed by atoms with Gasteiger partial charge >= 0.3 is 5.69 Å². The molecule has 4 N–H and O–H groups in total. The Labute approximate surface area is 159 Å². The number of anilines is 1. The van der Waals surface area contributed by atoms with Gasteiger partial charge in [-0.05, 0) is 27.1 Å². The van der Waals surface area contributed by atoms with E-state index in [4.69, 9.17) is 20.7 Å². The predicted octanol–water partition coefficient (Wildman–Crippen LogP) is 0.509. The van der Waals surface area contributed by atoms with Crippen LogP contribution in [0, 0.1) is 0 Å². The molecule has 10 nitrogen and oxygen atoms in total. The summed E-state index contributed by atoms with van der Waals surface area (Å²) in [5.74, 6) is 0.153. The van der Waals surface area contributed by atoms with Crippen molar-refractivity contribution in [3.63, 3.8) is 0 Å². The largest absolute Gasteiger partial charge is 0.383 e. The third-order valence-corrected chi connectivity index (χ3v) is 7.51. The van der Waals surface area contributed by atoms with Crippen molar-refractivity contribution in [2.75, 3.05) is 39.5 Å². The van der Waals surface area contributed by atoms with Gasteiger partial charge in [0.15, 0.2) is 6.23 Å². The first-order valence-electron chi connectivity index (χ1n) is 8.96. The first kappa shape index (κ1) is 22.0. The van der Waals surface area contributed by atoms with Crippen LogP contribution < -0.4 is 17.2 Å². The van der Waals surface area contributed by atoms with Crippen LogP contribution in [0.15, 0.2) is 17.1 Å². The molecule has 0 amide bonds. The highest BCUT2D eigenvalue weighted by Crippen LogP contribution is 2.53. The zero-order valence-corrected chi connectivity index (χ0v) is 17.5. The van der Waals surface area contributed by atoms with Crippen LogP contribution in [0.2, 0.25) is 0 Å². The highest BCUT2D eigenvalue weighted by Gasteiger charge is 2.35. The van der Waals surface area contributed by atoms with Gasteiger partial charge in [-0.1, -0.05) is 13.8 Å². The Bertz CT molecular complexity index is 726. The van der Waals surface area contributed by atoms with E-state index in [0.717, 1.165) is 0 Å². The molecule has 0 spiro atoms. The molecular formula is C16H31N6O4P. The molecular weight excluding hydrogens is 371 g/mol. The number of morpholine rings is 1. The molecule has 1 saturated heterocycles. The first-order chi connectivity index (χ1) is 12.5. The second-order valence-corrected chi connectivity index (χ2v) is 10.5. The molecule has 27 heavy (non-hydrogen) atoms. The van der Waals surface area contributed by atoms with Gasteiger partial charge in [0.2, 0.25) is 0 Å². The summed E-state index contributed by atoms with van der Waals surface area (Å²) in [6, 6.07) is 1.54. The summed E-state index contributed by atoms with van der Waals surface area (Å²) in [5, 5.41) is 0. The molecule has 0 bridgehead atoms. The Kier molecular flexibility index (Phi) is 7.18. The molecule has 1 fully saturated rings. The fourth-order valence-electron chi connectivity index (χ4n) is 2.98. The van der Waals surface area contributed by atoms with E-state index in [1.54, 1.807) is 31.0 Å². The van der Waals surface area contributed by atoms with E-state index in [1.807, 2.05) is 25.7 Å². The van der Waals surface area contributed by atoms with Gasteiger partial charge in [0.25, 0.3) is 7.52 Å². The lowest BCUT2D eigenvalue weighted by molar-refractivity contribution is -0.140. The second kappa shape index (κ2) is 8.81. The van der Waals surface area contributed by atoms with Crippen LogP contribution in [-0.4, -0.2) is 70.8 Å². The van der Waals surface area contributed by atoms with Crippen molar-refractivity contribution in [1.82, 2.24) is 19.1 Å². The molecule has 4 atom stereocenters. The minimum Gasteiger partial charge on any atom is -0.383 e. The fraction of sp³-hybridized carbons (Fsp3) is 0.750. The number of hydrogen-bond acceptors (Lipinski definition) is 8. The molecule has 11 heteroatoms. The van der Waals surface area contributed by atoms with E-state index < -0.39 is 25.5 Å². The van der Waals surface area contributed by atoms with Crippen LogP contribution in [0.4, 0.5) is 5.82 Å². The second-order valence-electron chi connectivity index (χ2n) is 7.25. The van der Waals surface area contributed by atoms with Gasteiger partial charge in [-0.2, -0.15) is 4.98 Å². The molecule has 2 rings (SSSR count). The number of rotatable bonds is 7. The Morgan fingerprint density at radius 3 is 2.59 bits per heavy atom. The molecule has 0 aromatic carbocycles. The van der Waals surface area contributed by atoms with Crippen LogP contribution in [0.3, 0.4) is 0 Å². The molecule has 2 unspecified atom stereocenters. The van der Waals surface area contributed by atoms with Gasteiger partial charge in [-0.25, -0.2) is 9.46 Å². The smallest absolute Gasteiger partial charge is 0.351 e. The summed E-state index contributed by atoms with van der Waals surface area (Å²) in [4.78, 5) is 17.9. The number of hydrogen-bond donors (Lipinski definition) is 2. The number of aromatic nitrogens is 2. The van der Waals surface area contributed by atoms with Crippen molar-refractivity contribution in [1.29, 1.82) is 0 Å². The Morgan fingerprint density at radius 1 is 1.41 bits per heavy atom. The molecule has 0 saturated carbocycles. The van der Waals surface area contributed by atoms with Gasteiger partial charge in [0.05, 0.1) is 18.9 Å². The van der Waals surface area contributed by atoms with E-state index in [0.29, 0.717) is 13.1 Å². The monoisotopic (exact) mass is 402 g/mol. The minimum atomic E-state index is -2.97. The molecule has 1 aliphatic rings. The Balaban J connectivity index is 2.19. The van der Waals surface area contributed by atoms with Crippen LogP contribution in [0.5, 0.6) is 0 Å². The quantitative estimate of drug-likeness (QED) is 0.627. The normalized spacial score (nSPS) is 24.9. The standard InChI is InChI=1S/C16H31N6O4P/c1-11(2)27(24,20(4)5)25-10-13-8-21(12(3)17)9-15(26-13)22-7-6-14(18)19-16(22)23/h6-7,11-13,15H,8-10,17H2,1-5H3,(H2,18,19,23)/t12?,13-,15+,27?/m0/s1. The average molecular weight is 402 g/mol. The van der Waals surface area contributed by atoms with E-state index in [2.05, 4.69) is 4.98 Å². The lowest BCUT2D eigenvalue weighted by Gasteiger charge is -2.40. The highest BCUT2D eigenvalue weighted by atomic mass is 31.2. The zero-order valence-electron chi connectivity index (χ0n) is 16.6. The molecule has 0 radical (unpaired) electrons. The minimum absolute atomic E-state index is 0.129. The van der Waals surface area contributed by atoms with Crippen molar-refractivity contribution in [2.45, 2.75) is 44.9 Å². The number of ether oxygens (including phenoxy) is 1. The lowest BCUT2D eigenvalue weighted by atomic mass is 10.2. The predicted molar refractivity (Wildman–Crippen MR) is 104 cm³/mol. The summed E-state index contributed by atoms with van der Waals surface area (Å²) in [5.41, 5.74) is 11.0. The van der Waals surface area contributed by atoms with Crippen molar-refractivity contribution in [3.8, 4) is 0 Å². The molecule has 2 heterocycles. The van der Waals surface area contributed by atoms with Crippen LogP contribution in [0.1, 0.15) is 27.0 Å². The lowest BCUT2D eigenvalue weighted by Crippen LogP contribution is -2.54. The average Bonchev–Trinajstić information content (AvgIpc) is 2.58. The Morgan fingerprint density at radius 2 is 2.07 bits per heavy atom. The topological polar surface area (TPSA) is 129 Å². The van der Waals surface area contributed by atoms with E-state index in [1.165, 1.54) is 4.57 Å². The fourth-order valence-corrected chi connectivity index (χ4v) is 4.82. The maximum Gasteiger partial charge on any atom is 0.351 e. The SMILES string of the molecule is CC(N)N1C[C@@H](COP(=O)(C(C)C)N(C)C)O[C@@H](n2ccc(N)nc2=O)C1. The number of nitrogen functional groups attached to an aromatic ring is 1. The summed E-state index contributed by atoms with van der Waals surface area (Å²) >= 11 is 0. The molecule has 1 aliphatic heterocycles. The van der Waals surface area contributed by atoms with Crippen molar-refractivity contribution >= 4 is 13.3 Å². The molecule has 154 valence electrons. The number of nitrogens with zero attached hydrogens (tertiary/aromatic N) is 4. The summed E-state index contributed by atoms with van der Waals surface area (Å²) < 4.78 is 27.9. The van der Waals surface area contributed by atoms with Gasteiger partial charge < -0.3 is 20.7 Å². The van der Waals surface area contributed by atoms with Gasteiger partial charge in [-0.3, -0.25) is 14.0 Å². The van der Waals surface area contributed by atoms with Crippen LogP contribution >= 0.6 is 7.52 Å². The van der Waals surface area contributed by atoms with E-state index in [-0.39, 0.29) is 24.2 Å². The van der Waals surface area contributed by atoms with Crippen molar-refractivity contribution in [2.24, 2.45) is 5.73 Å². The molecule has 1 aromatic rings. The third-order valence-electron chi connectivity index (χ3n) is 4.57. The highest BCUT2D eigenvalue weighted by molar-refractivity contribution is 7.57.